The van der Waals surface area contributed by atoms with Gasteiger partial charge in [0.2, 0.25) is 0 Å². The van der Waals surface area contributed by atoms with E-state index in [4.69, 9.17) is 0 Å². The highest BCUT2D eigenvalue weighted by Crippen LogP contribution is 2.30. The van der Waals surface area contributed by atoms with Gasteiger partial charge in [0, 0.05) is 23.9 Å². The van der Waals surface area contributed by atoms with E-state index >= 15 is 0 Å². The van der Waals surface area contributed by atoms with Gasteiger partial charge < -0.3 is 4.90 Å². The Morgan fingerprint density at radius 3 is 2.69 bits per heavy atom. The van der Waals surface area contributed by atoms with Crippen LogP contribution in [-0.2, 0) is 0 Å². The number of amides is 1. The molecule has 1 amide bonds. The van der Waals surface area contributed by atoms with Crippen molar-refractivity contribution in [2.45, 2.75) is 6.92 Å². The molecular formula is C11H11NO. The zero-order valence-electron chi connectivity index (χ0n) is 7.79. The highest BCUT2D eigenvalue weighted by molar-refractivity contribution is 6.08. The molecule has 0 aliphatic carbocycles. The molecule has 0 atom stereocenters. The van der Waals surface area contributed by atoms with Crippen LogP contribution >= 0.6 is 0 Å². The van der Waals surface area contributed by atoms with E-state index in [2.05, 4.69) is 6.58 Å². The first-order valence-electron chi connectivity index (χ1n) is 4.19. The van der Waals surface area contributed by atoms with Gasteiger partial charge in [-0.1, -0.05) is 18.2 Å². The van der Waals surface area contributed by atoms with Crippen molar-refractivity contribution in [3.8, 4) is 0 Å². The van der Waals surface area contributed by atoms with Crippen molar-refractivity contribution >= 4 is 11.6 Å². The highest BCUT2D eigenvalue weighted by atomic mass is 16.2. The van der Waals surface area contributed by atoms with Gasteiger partial charge in [-0.25, -0.2) is 0 Å². The molecule has 1 aliphatic rings. The Hall–Kier alpha value is -1.57. The second-order valence-electron chi connectivity index (χ2n) is 3.36. The Bertz CT molecular complexity index is 407. The summed E-state index contributed by atoms with van der Waals surface area (Å²) in [5, 5.41) is 0. The molecule has 0 N–H and O–H groups in total. The molecule has 2 nitrogen and oxygen atoms in total. The second-order valence-corrected chi connectivity index (χ2v) is 3.36. The molecule has 0 saturated carbocycles. The number of aryl methyl sites for hydroxylation is 1. The van der Waals surface area contributed by atoms with E-state index in [-0.39, 0.29) is 5.91 Å². The van der Waals surface area contributed by atoms with Gasteiger partial charge in [-0.3, -0.25) is 4.79 Å². The number of fused-ring (bicyclic) bond motifs is 1. The van der Waals surface area contributed by atoms with E-state index in [1.54, 1.807) is 11.9 Å². The average molecular weight is 173 g/mol. The lowest BCUT2D eigenvalue weighted by Crippen LogP contribution is -2.16. The predicted octanol–water partition coefficient (Wildman–Crippen LogP) is 2.05. The first kappa shape index (κ1) is 8.05. The molecule has 1 heterocycles. The molecule has 2 rings (SSSR count). The van der Waals surface area contributed by atoms with Gasteiger partial charge in [-0.2, -0.15) is 0 Å². The van der Waals surface area contributed by atoms with Crippen LogP contribution in [0.2, 0.25) is 0 Å². The Morgan fingerprint density at radius 1 is 1.31 bits per heavy atom. The van der Waals surface area contributed by atoms with Crippen molar-refractivity contribution in [2.24, 2.45) is 0 Å². The van der Waals surface area contributed by atoms with Crippen molar-refractivity contribution in [2.75, 3.05) is 7.05 Å². The summed E-state index contributed by atoms with van der Waals surface area (Å²) in [5.74, 6) is 0.0417. The number of carbonyl (C=O) groups excluding carboxylic acids is 1. The maximum Gasteiger partial charge on any atom is 0.258 e. The minimum atomic E-state index is 0.0417. The summed E-state index contributed by atoms with van der Waals surface area (Å²) in [6, 6.07) is 5.81. The lowest BCUT2D eigenvalue weighted by atomic mass is 10.1. The molecule has 0 unspecified atom stereocenters. The summed E-state index contributed by atoms with van der Waals surface area (Å²) in [7, 11) is 1.75. The Kier molecular flexibility index (Phi) is 1.52. The SMILES string of the molecule is C=C1c2cc(C)ccc2C(=O)N1C. The van der Waals surface area contributed by atoms with Gasteiger partial charge in [-0.15, -0.1) is 0 Å². The molecule has 0 fully saturated rings. The summed E-state index contributed by atoms with van der Waals surface area (Å²) in [5.41, 5.74) is 3.68. The standard InChI is InChI=1S/C11H11NO/c1-7-4-5-9-10(6-7)8(2)12(3)11(9)13/h4-6H,2H2,1,3H3. The van der Waals surface area contributed by atoms with Crippen LogP contribution in [-0.4, -0.2) is 17.9 Å². The first-order valence-corrected chi connectivity index (χ1v) is 4.19. The van der Waals surface area contributed by atoms with Crippen molar-refractivity contribution in [3.63, 3.8) is 0 Å². The van der Waals surface area contributed by atoms with Gasteiger partial charge in [0.05, 0.1) is 0 Å². The van der Waals surface area contributed by atoms with Crippen LogP contribution in [0.15, 0.2) is 24.8 Å². The third-order valence-electron chi connectivity index (χ3n) is 2.43. The van der Waals surface area contributed by atoms with E-state index in [1.165, 1.54) is 0 Å². The van der Waals surface area contributed by atoms with Crippen LogP contribution < -0.4 is 0 Å². The molecule has 0 bridgehead atoms. The fourth-order valence-corrected chi connectivity index (χ4v) is 1.57. The molecule has 2 heteroatoms. The third kappa shape index (κ3) is 0.985. The van der Waals surface area contributed by atoms with Crippen molar-refractivity contribution in [1.29, 1.82) is 0 Å². The van der Waals surface area contributed by atoms with Gasteiger partial charge in [0.15, 0.2) is 0 Å². The van der Waals surface area contributed by atoms with E-state index in [1.807, 2.05) is 25.1 Å². The molecule has 1 aromatic carbocycles. The zero-order chi connectivity index (χ0) is 9.59. The Morgan fingerprint density at radius 2 is 2.00 bits per heavy atom. The lowest BCUT2D eigenvalue weighted by Gasteiger charge is -2.08. The van der Waals surface area contributed by atoms with Crippen LogP contribution in [0, 0.1) is 6.92 Å². The average Bonchev–Trinajstić information content (AvgIpc) is 2.32. The highest BCUT2D eigenvalue weighted by Gasteiger charge is 2.27. The van der Waals surface area contributed by atoms with E-state index < -0.39 is 0 Å². The maximum absolute atomic E-state index is 11.6. The van der Waals surface area contributed by atoms with Crippen LogP contribution in [0.25, 0.3) is 5.70 Å². The van der Waals surface area contributed by atoms with Crippen LogP contribution in [0.5, 0.6) is 0 Å². The quantitative estimate of drug-likeness (QED) is 0.588. The topological polar surface area (TPSA) is 20.3 Å². The molecule has 1 aliphatic heterocycles. The first-order chi connectivity index (χ1) is 6.11. The number of hydrogen-bond acceptors (Lipinski definition) is 1. The lowest BCUT2D eigenvalue weighted by molar-refractivity contribution is 0.0875. The minimum absolute atomic E-state index is 0.0417. The summed E-state index contributed by atoms with van der Waals surface area (Å²) in [6.45, 7) is 5.88. The molecule has 0 spiro atoms. The van der Waals surface area contributed by atoms with E-state index in [9.17, 15) is 4.79 Å². The maximum atomic E-state index is 11.6. The van der Waals surface area contributed by atoms with Gasteiger partial charge in [0.1, 0.15) is 0 Å². The fraction of sp³-hybridized carbons (Fsp3) is 0.182. The molecule has 66 valence electrons. The van der Waals surface area contributed by atoms with E-state index in [0.29, 0.717) is 0 Å². The van der Waals surface area contributed by atoms with Crippen LogP contribution in [0.3, 0.4) is 0 Å². The van der Waals surface area contributed by atoms with Crippen molar-refractivity contribution in [3.05, 3.63) is 41.5 Å². The minimum Gasteiger partial charge on any atom is -0.311 e. The van der Waals surface area contributed by atoms with E-state index in [0.717, 1.165) is 22.4 Å². The van der Waals surface area contributed by atoms with Crippen LogP contribution in [0.1, 0.15) is 21.5 Å². The Balaban J connectivity index is 2.67. The summed E-state index contributed by atoms with van der Waals surface area (Å²) < 4.78 is 0. The second kappa shape index (κ2) is 2.46. The number of nitrogens with zero attached hydrogens (tertiary/aromatic N) is 1. The summed E-state index contributed by atoms with van der Waals surface area (Å²) in [4.78, 5) is 13.2. The molecule has 0 saturated heterocycles. The number of hydrogen-bond donors (Lipinski definition) is 0. The smallest absolute Gasteiger partial charge is 0.258 e. The predicted molar refractivity (Wildman–Crippen MR) is 52.3 cm³/mol. The van der Waals surface area contributed by atoms with Crippen LogP contribution in [0.4, 0.5) is 0 Å². The molecule has 0 aromatic heterocycles. The normalized spacial score (nSPS) is 15.1. The number of benzene rings is 1. The monoisotopic (exact) mass is 173 g/mol. The summed E-state index contributed by atoms with van der Waals surface area (Å²) in [6.07, 6.45) is 0. The fourth-order valence-electron chi connectivity index (χ4n) is 1.57. The number of carbonyl (C=O) groups is 1. The number of rotatable bonds is 0. The molecule has 1 aromatic rings. The largest absolute Gasteiger partial charge is 0.311 e. The van der Waals surface area contributed by atoms with Crippen molar-refractivity contribution in [1.82, 2.24) is 4.90 Å². The van der Waals surface area contributed by atoms with Gasteiger partial charge in [0.25, 0.3) is 5.91 Å². The van der Waals surface area contributed by atoms with Gasteiger partial charge >= 0.3 is 0 Å². The van der Waals surface area contributed by atoms with Gasteiger partial charge in [-0.05, 0) is 19.1 Å². The zero-order valence-corrected chi connectivity index (χ0v) is 7.79. The van der Waals surface area contributed by atoms with Crippen molar-refractivity contribution < 1.29 is 4.79 Å². The molecule has 13 heavy (non-hydrogen) atoms. The Labute approximate surface area is 77.5 Å². The summed E-state index contributed by atoms with van der Waals surface area (Å²) >= 11 is 0. The third-order valence-corrected chi connectivity index (χ3v) is 2.43. The molecular weight excluding hydrogens is 162 g/mol. The molecule has 0 radical (unpaired) electrons.